The van der Waals surface area contributed by atoms with Crippen LogP contribution < -0.4 is 30.5 Å². The van der Waals surface area contributed by atoms with Crippen molar-refractivity contribution in [3.8, 4) is 11.4 Å². The molecule has 0 fully saturated rings. The summed E-state index contributed by atoms with van der Waals surface area (Å²) in [6, 6.07) is 79.4. The fraction of sp³-hybridized carbons (Fsp3) is 0.0370. The summed E-state index contributed by atoms with van der Waals surface area (Å²) in [5, 5.41) is 5.25. The molecular weight excluding hydrogens is 733 g/mol. The minimum Gasteiger partial charge on any atom is -0.294 e. The Bertz CT molecular complexity index is 2660. The van der Waals surface area contributed by atoms with E-state index in [0.717, 1.165) is 52.8 Å². The molecule has 59 heavy (non-hydrogen) atoms. The van der Waals surface area contributed by atoms with Gasteiger partial charge in [0.1, 0.15) is 11.6 Å². The maximum absolute atomic E-state index is 5.58. The molecule has 11 rings (SSSR count). The Morgan fingerprint density at radius 1 is 0.322 bits per heavy atom. The van der Waals surface area contributed by atoms with E-state index in [4.69, 9.17) is 9.97 Å². The number of rotatable bonds is 7. The third-order valence-corrected chi connectivity index (χ3v) is 16.8. The molecule has 0 N–H and O–H groups in total. The number of benzene rings is 8. The second-order valence-corrected chi connectivity index (χ2v) is 19.2. The van der Waals surface area contributed by atoms with E-state index in [1.807, 2.05) is 0 Å². The first kappa shape index (κ1) is 34.9. The van der Waals surface area contributed by atoms with Crippen LogP contribution in [0.3, 0.4) is 0 Å². The van der Waals surface area contributed by atoms with Crippen LogP contribution in [0.15, 0.2) is 218 Å². The summed E-state index contributed by atoms with van der Waals surface area (Å²) in [6.45, 7) is 0. The van der Waals surface area contributed by atoms with E-state index < -0.39 is 8.07 Å². The monoisotopic (exact) mass is 772 g/mol. The van der Waals surface area contributed by atoms with Crippen LogP contribution in [0.1, 0.15) is 22.3 Å². The predicted molar refractivity (Wildman–Crippen MR) is 246 cm³/mol. The van der Waals surface area contributed by atoms with Gasteiger partial charge in [-0.1, -0.05) is 188 Å². The molecule has 8 aromatic carbocycles. The average Bonchev–Trinajstić information content (AvgIpc) is 3.31. The highest BCUT2D eigenvalue weighted by atomic mass is 28.3. The van der Waals surface area contributed by atoms with Crippen molar-refractivity contribution in [2.45, 2.75) is 12.8 Å². The van der Waals surface area contributed by atoms with Crippen molar-refractivity contribution >= 4 is 63.2 Å². The van der Waals surface area contributed by atoms with Crippen LogP contribution in [0.25, 0.3) is 11.4 Å². The van der Waals surface area contributed by atoms with E-state index in [-0.39, 0.29) is 0 Å². The smallest absolute Gasteiger partial charge is 0.179 e. The summed E-state index contributed by atoms with van der Waals surface area (Å²) in [5.41, 5.74) is 10.6. The minimum absolute atomic E-state index is 0.678. The lowest BCUT2D eigenvalue weighted by Gasteiger charge is -2.35. The molecule has 280 valence electrons. The molecule has 1 aromatic heterocycles. The molecule has 5 heteroatoms. The quantitative estimate of drug-likeness (QED) is 0.119. The number of para-hydroxylation sites is 4. The maximum atomic E-state index is 5.58. The third-order valence-electron chi connectivity index (χ3n) is 12.0. The third kappa shape index (κ3) is 5.89. The molecule has 0 spiro atoms. The molecule has 4 nitrogen and oxygen atoms in total. The first-order valence-electron chi connectivity index (χ1n) is 20.3. The normalized spacial score (nSPS) is 12.9. The second-order valence-electron chi connectivity index (χ2n) is 15.4. The number of aromatic nitrogens is 2. The van der Waals surface area contributed by atoms with Crippen molar-refractivity contribution in [1.29, 1.82) is 0 Å². The van der Waals surface area contributed by atoms with Crippen molar-refractivity contribution in [3.63, 3.8) is 0 Å². The summed E-state index contributed by atoms with van der Waals surface area (Å²) in [6.07, 6.45) is 1.74. The lowest BCUT2D eigenvalue weighted by Crippen LogP contribution is -2.74. The number of fused-ring (bicyclic) bond motifs is 4. The van der Waals surface area contributed by atoms with E-state index in [1.54, 1.807) is 0 Å². The SMILES string of the molecule is c1ccc([Si](c2ccccc2)(c2ccccc2)c2cccc(-c3nc(N4c5ccccc5Cc5ccccc54)cc(N4c5ccccc5Cc5ccccc54)n3)c2)cc1. The summed E-state index contributed by atoms with van der Waals surface area (Å²) in [5.74, 6) is 2.33. The van der Waals surface area contributed by atoms with Gasteiger partial charge in [-0.15, -0.1) is 0 Å². The largest absolute Gasteiger partial charge is 0.294 e. The van der Waals surface area contributed by atoms with Gasteiger partial charge < -0.3 is 0 Å². The van der Waals surface area contributed by atoms with Gasteiger partial charge in [0, 0.05) is 24.5 Å². The van der Waals surface area contributed by atoms with Gasteiger partial charge in [-0.2, -0.15) is 0 Å². The Labute approximate surface area is 346 Å². The summed E-state index contributed by atoms with van der Waals surface area (Å²) < 4.78 is 0. The van der Waals surface area contributed by atoms with Gasteiger partial charge in [0.15, 0.2) is 13.9 Å². The van der Waals surface area contributed by atoms with E-state index in [9.17, 15) is 0 Å². The highest BCUT2D eigenvalue weighted by molar-refractivity contribution is 7.19. The van der Waals surface area contributed by atoms with Crippen LogP contribution in [-0.2, 0) is 12.8 Å². The zero-order valence-corrected chi connectivity index (χ0v) is 33.5. The van der Waals surface area contributed by atoms with Crippen molar-refractivity contribution < 1.29 is 0 Å². The van der Waals surface area contributed by atoms with Gasteiger partial charge in [-0.3, -0.25) is 9.80 Å². The van der Waals surface area contributed by atoms with Crippen molar-refractivity contribution in [2.24, 2.45) is 0 Å². The van der Waals surface area contributed by atoms with Crippen molar-refractivity contribution in [1.82, 2.24) is 9.97 Å². The molecule has 0 bridgehead atoms. The Hall–Kier alpha value is -7.34. The van der Waals surface area contributed by atoms with Crippen molar-refractivity contribution in [2.75, 3.05) is 9.80 Å². The molecule has 0 radical (unpaired) electrons. The van der Waals surface area contributed by atoms with Gasteiger partial charge in [-0.25, -0.2) is 9.97 Å². The molecule has 0 unspecified atom stereocenters. The molecule has 0 atom stereocenters. The molecule has 0 aliphatic carbocycles. The Balaban J connectivity index is 1.18. The van der Waals surface area contributed by atoms with Crippen LogP contribution in [0, 0.1) is 0 Å². The summed E-state index contributed by atoms with van der Waals surface area (Å²) in [7, 11) is -2.82. The Kier molecular flexibility index (Phi) is 8.60. The highest BCUT2D eigenvalue weighted by Crippen LogP contribution is 2.47. The van der Waals surface area contributed by atoms with E-state index >= 15 is 0 Å². The Morgan fingerprint density at radius 3 is 1.05 bits per heavy atom. The highest BCUT2D eigenvalue weighted by Gasteiger charge is 2.41. The van der Waals surface area contributed by atoms with Gasteiger partial charge in [-0.05, 0) is 67.3 Å². The zero-order chi connectivity index (χ0) is 39.2. The number of hydrogen-bond acceptors (Lipinski definition) is 4. The molecule has 2 aliphatic heterocycles. The topological polar surface area (TPSA) is 32.3 Å². The molecular formula is C54H40N4Si. The predicted octanol–water partition coefficient (Wildman–Crippen LogP) is 10.3. The summed E-state index contributed by atoms with van der Waals surface area (Å²) in [4.78, 5) is 15.8. The minimum atomic E-state index is -2.82. The van der Waals surface area contributed by atoms with Gasteiger partial charge in [0.05, 0.1) is 22.7 Å². The average molecular weight is 773 g/mol. The van der Waals surface area contributed by atoms with Crippen LogP contribution in [0.5, 0.6) is 0 Å². The first-order chi connectivity index (χ1) is 29.3. The molecule has 2 aliphatic rings. The summed E-state index contributed by atoms with van der Waals surface area (Å²) >= 11 is 0. The number of anilines is 6. The second kappa shape index (κ2) is 14.5. The molecule has 0 saturated carbocycles. The van der Waals surface area contributed by atoms with Gasteiger partial charge in [0.25, 0.3) is 0 Å². The fourth-order valence-corrected chi connectivity index (χ4v) is 14.2. The van der Waals surface area contributed by atoms with Crippen LogP contribution in [0.2, 0.25) is 0 Å². The molecule has 0 saturated heterocycles. The molecule has 0 amide bonds. The molecule has 9 aromatic rings. The van der Waals surface area contributed by atoms with Crippen LogP contribution in [0.4, 0.5) is 34.4 Å². The van der Waals surface area contributed by atoms with E-state index in [2.05, 4.69) is 228 Å². The van der Waals surface area contributed by atoms with Gasteiger partial charge in [0.2, 0.25) is 0 Å². The fourth-order valence-electron chi connectivity index (χ4n) is 9.41. The van der Waals surface area contributed by atoms with Crippen LogP contribution >= 0.6 is 0 Å². The lowest BCUT2D eigenvalue weighted by molar-refractivity contribution is 1.02. The van der Waals surface area contributed by atoms with Crippen LogP contribution in [-0.4, -0.2) is 18.0 Å². The maximum Gasteiger partial charge on any atom is 0.179 e. The van der Waals surface area contributed by atoms with E-state index in [0.29, 0.717) is 5.82 Å². The standard InChI is InChI=1S/C54H40N4Si/c1-4-24-44(25-5-1)59(45-26-6-2-7-27-45,46-28-8-3-9-29-46)47-30-18-23-43(37-47)54-55-52(57-48-31-14-10-19-39(48)35-40-20-11-15-32-49(40)57)38-53(56-54)58-50-33-16-12-21-41(50)36-42-22-13-17-34-51(42)58/h1-34,37-38H,35-36H2. The number of nitrogens with zero attached hydrogens (tertiary/aromatic N) is 4. The van der Waals surface area contributed by atoms with Gasteiger partial charge >= 0.3 is 0 Å². The van der Waals surface area contributed by atoms with E-state index in [1.165, 1.54) is 43.0 Å². The number of hydrogen-bond donors (Lipinski definition) is 0. The first-order valence-corrected chi connectivity index (χ1v) is 22.3. The lowest BCUT2D eigenvalue weighted by atomic mass is 9.95. The zero-order valence-electron chi connectivity index (χ0n) is 32.5. The van der Waals surface area contributed by atoms with Crippen molar-refractivity contribution in [3.05, 3.63) is 241 Å². The Morgan fingerprint density at radius 2 is 0.661 bits per heavy atom. The molecule has 3 heterocycles.